The second kappa shape index (κ2) is 5.81. The van der Waals surface area contributed by atoms with E-state index in [1.807, 2.05) is 13.8 Å². The van der Waals surface area contributed by atoms with E-state index in [1.54, 1.807) is 27.7 Å². The van der Waals surface area contributed by atoms with E-state index in [0.29, 0.717) is 4.77 Å². The Morgan fingerprint density at radius 2 is 2.16 bits per heavy atom. The van der Waals surface area contributed by atoms with Gasteiger partial charge in [-0.1, -0.05) is 0 Å². The van der Waals surface area contributed by atoms with E-state index in [9.17, 15) is 4.79 Å². The molecule has 0 aromatic carbocycles. The van der Waals surface area contributed by atoms with Crippen molar-refractivity contribution in [3.63, 3.8) is 0 Å². The maximum atomic E-state index is 12.7. The minimum atomic E-state index is 0.0502. The number of thiophene rings is 1. The zero-order chi connectivity index (χ0) is 14.2. The largest absolute Gasteiger partial charge is 0.323 e. The molecule has 0 amide bonds. The number of rotatable bonds is 4. The number of aromatic amines is 1. The third-order valence-corrected chi connectivity index (χ3v) is 5.50. The van der Waals surface area contributed by atoms with Crippen LogP contribution in [0.5, 0.6) is 0 Å². The van der Waals surface area contributed by atoms with Crippen molar-refractivity contribution in [1.82, 2.24) is 9.55 Å². The van der Waals surface area contributed by atoms with Gasteiger partial charge in [0.2, 0.25) is 0 Å². The van der Waals surface area contributed by atoms with Crippen LogP contribution in [0.4, 0.5) is 0 Å². The first kappa shape index (κ1) is 14.8. The second-order valence-corrected chi connectivity index (χ2v) is 7.32. The highest BCUT2D eigenvalue weighted by molar-refractivity contribution is 7.98. The molecule has 3 nitrogen and oxygen atoms in total. The molecule has 0 aliphatic carbocycles. The van der Waals surface area contributed by atoms with Gasteiger partial charge in [0.05, 0.1) is 5.39 Å². The number of H-pyrrole nitrogens is 1. The molecule has 0 aliphatic heterocycles. The minimum Gasteiger partial charge on any atom is -0.323 e. The van der Waals surface area contributed by atoms with Crippen molar-refractivity contribution in [3.8, 4) is 0 Å². The van der Waals surface area contributed by atoms with Gasteiger partial charge in [-0.05, 0) is 57.0 Å². The summed E-state index contributed by atoms with van der Waals surface area (Å²) >= 11 is 8.75. The van der Waals surface area contributed by atoms with Gasteiger partial charge in [0.1, 0.15) is 4.83 Å². The maximum Gasteiger partial charge on any atom is 0.263 e. The Morgan fingerprint density at radius 3 is 2.79 bits per heavy atom. The van der Waals surface area contributed by atoms with Gasteiger partial charge in [-0.2, -0.15) is 11.8 Å². The number of nitrogens with one attached hydrogen (secondary N) is 1. The first-order valence-corrected chi connectivity index (χ1v) is 8.82. The zero-order valence-electron chi connectivity index (χ0n) is 11.6. The molecular formula is C13H18N2OS3. The lowest BCUT2D eigenvalue weighted by molar-refractivity contribution is 0.508. The van der Waals surface area contributed by atoms with E-state index in [2.05, 4.69) is 18.2 Å². The summed E-state index contributed by atoms with van der Waals surface area (Å²) in [6.07, 6.45) is 3.03. The van der Waals surface area contributed by atoms with Crippen molar-refractivity contribution < 1.29 is 0 Å². The van der Waals surface area contributed by atoms with E-state index in [0.717, 1.165) is 28.0 Å². The topological polar surface area (TPSA) is 37.8 Å². The fourth-order valence-corrected chi connectivity index (χ4v) is 4.22. The smallest absolute Gasteiger partial charge is 0.263 e. The standard InChI is InChI=1S/C13H18N2OS3/c1-7(5-6-18-4)15-12(16)10-8(2)9(3)19-11(10)14-13(15)17/h7H,5-6H2,1-4H3,(H,14,17). The summed E-state index contributed by atoms with van der Waals surface area (Å²) in [5.74, 6) is 1.03. The minimum absolute atomic E-state index is 0.0502. The molecular weight excluding hydrogens is 296 g/mol. The summed E-state index contributed by atoms with van der Waals surface area (Å²) in [5.41, 5.74) is 1.12. The van der Waals surface area contributed by atoms with E-state index in [4.69, 9.17) is 12.2 Å². The van der Waals surface area contributed by atoms with Gasteiger partial charge in [0.15, 0.2) is 4.77 Å². The number of aromatic nitrogens is 2. The van der Waals surface area contributed by atoms with Crippen LogP contribution in [-0.4, -0.2) is 21.6 Å². The number of hydrogen-bond acceptors (Lipinski definition) is 4. The van der Waals surface area contributed by atoms with Crippen LogP contribution in [0.1, 0.15) is 29.8 Å². The molecule has 0 bridgehead atoms. The third-order valence-electron chi connectivity index (χ3n) is 3.44. The van der Waals surface area contributed by atoms with Gasteiger partial charge in [-0.3, -0.25) is 9.36 Å². The molecule has 0 spiro atoms. The van der Waals surface area contributed by atoms with Crippen molar-refractivity contribution in [1.29, 1.82) is 0 Å². The fraction of sp³-hybridized carbons (Fsp3) is 0.538. The monoisotopic (exact) mass is 314 g/mol. The summed E-state index contributed by atoms with van der Waals surface area (Å²) in [6.45, 7) is 6.10. The van der Waals surface area contributed by atoms with Crippen LogP contribution in [0.3, 0.4) is 0 Å². The summed E-state index contributed by atoms with van der Waals surface area (Å²) in [5, 5.41) is 0.798. The van der Waals surface area contributed by atoms with Gasteiger partial charge in [-0.15, -0.1) is 11.3 Å². The van der Waals surface area contributed by atoms with E-state index in [1.165, 1.54) is 4.88 Å². The average molecular weight is 315 g/mol. The summed E-state index contributed by atoms with van der Waals surface area (Å²) in [4.78, 5) is 17.9. The second-order valence-electron chi connectivity index (χ2n) is 4.72. The summed E-state index contributed by atoms with van der Waals surface area (Å²) in [6, 6.07) is 0.132. The van der Waals surface area contributed by atoms with E-state index >= 15 is 0 Å². The normalized spacial score (nSPS) is 13.1. The number of aryl methyl sites for hydroxylation is 2. The van der Waals surface area contributed by atoms with Crippen LogP contribution in [0.25, 0.3) is 10.2 Å². The molecule has 6 heteroatoms. The fourth-order valence-electron chi connectivity index (χ4n) is 2.16. The highest BCUT2D eigenvalue weighted by atomic mass is 32.2. The zero-order valence-corrected chi connectivity index (χ0v) is 14.0. The van der Waals surface area contributed by atoms with Crippen LogP contribution in [-0.2, 0) is 0 Å². The molecule has 0 aliphatic rings. The Labute approximate surface area is 126 Å². The highest BCUT2D eigenvalue weighted by Gasteiger charge is 2.15. The quantitative estimate of drug-likeness (QED) is 0.865. The molecule has 0 fully saturated rings. The van der Waals surface area contributed by atoms with Crippen LogP contribution in [0, 0.1) is 18.6 Å². The van der Waals surface area contributed by atoms with Crippen LogP contribution in [0.2, 0.25) is 0 Å². The molecule has 2 aromatic heterocycles. The van der Waals surface area contributed by atoms with Crippen LogP contribution < -0.4 is 5.56 Å². The molecule has 0 saturated heterocycles. The first-order chi connectivity index (χ1) is 8.97. The predicted octanol–water partition coefficient (Wildman–Crippen LogP) is 4.05. The maximum absolute atomic E-state index is 12.7. The van der Waals surface area contributed by atoms with E-state index < -0.39 is 0 Å². The first-order valence-electron chi connectivity index (χ1n) is 6.20. The molecule has 104 valence electrons. The summed E-state index contributed by atoms with van der Waals surface area (Å²) in [7, 11) is 0. The van der Waals surface area contributed by atoms with Crippen molar-refractivity contribution >= 4 is 45.5 Å². The van der Waals surface area contributed by atoms with Crippen molar-refractivity contribution in [2.45, 2.75) is 33.2 Å². The summed E-state index contributed by atoms with van der Waals surface area (Å²) < 4.78 is 2.26. The lowest BCUT2D eigenvalue weighted by atomic mass is 10.2. The molecule has 19 heavy (non-hydrogen) atoms. The molecule has 1 unspecified atom stereocenters. The molecule has 1 atom stereocenters. The van der Waals surface area contributed by atoms with Crippen LogP contribution in [0.15, 0.2) is 4.79 Å². The Hall–Kier alpha value is -0.590. The van der Waals surface area contributed by atoms with Crippen molar-refractivity contribution in [2.75, 3.05) is 12.0 Å². The number of nitrogens with zero attached hydrogens (tertiary/aromatic N) is 1. The van der Waals surface area contributed by atoms with Gasteiger partial charge in [0.25, 0.3) is 5.56 Å². The Morgan fingerprint density at radius 1 is 1.47 bits per heavy atom. The predicted molar refractivity (Wildman–Crippen MR) is 88.5 cm³/mol. The highest BCUT2D eigenvalue weighted by Crippen LogP contribution is 2.26. The number of thioether (sulfide) groups is 1. The van der Waals surface area contributed by atoms with Crippen molar-refractivity contribution in [3.05, 3.63) is 25.6 Å². The van der Waals surface area contributed by atoms with Gasteiger partial charge in [-0.25, -0.2) is 0 Å². The Bertz CT molecular complexity index is 711. The van der Waals surface area contributed by atoms with Crippen LogP contribution >= 0.6 is 35.3 Å². The molecule has 0 radical (unpaired) electrons. The van der Waals surface area contributed by atoms with Crippen molar-refractivity contribution in [2.24, 2.45) is 0 Å². The van der Waals surface area contributed by atoms with Gasteiger partial charge < -0.3 is 4.98 Å². The number of hydrogen-bond donors (Lipinski definition) is 1. The van der Waals surface area contributed by atoms with E-state index in [-0.39, 0.29) is 11.6 Å². The average Bonchev–Trinajstić information content (AvgIpc) is 2.62. The molecule has 1 N–H and O–H groups in total. The van der Waals surface area contributed by atoms with Gasteiger partial charge in [0, 0.05) is 10.9 Å². The molecule has 2 heterocycles. The Balaban J connectivity index is 2.65. The SMILES string of the molecule is CSCCC(C)n1c(=S)[nH]c2sc(C)c(C)c2c1=O. The lowest BCUT2D eigenvalue weighted by Crippen LogP contribution is -2.25. The molecule has 2 aromatic rings. The van der Waals surface area contributed by atoms with Gasteiger partial charge >= 0.3 is 0 Å². The molecule has 0 saturated carbocycles. The Kier molecular flexibility index (Phi) is 4.53. The third kappa shape index (κ3) is 2.66. The molecule has 2 rings (SSSR count). The lowest BCUT2D eigenvalue weighted by Gasteiger charge is -2.14. The number of fused-ring (bicyclic) bond motifs is 1.